The Bertz CT molecular complexity index is 1120. The number of phenols is 1. The van der Waals surface area contributed by atoms with Crippen molar-refractivity contribution in [3.8, 4) is 5.75 Å². The Kier molecular flexibility index (Phi) is 14.4. The molecule has 10 nitrogen and oxygen atoms in total. The lowest BCUT2D eigenvalue weighted by molar-refractivity contribution is -0.142. The SMILES string of the molecule is CSCC[C@H](NC(=O)[C@H](Cc1ccccc1)NC(=O)[C@@H](NCc1cc(C(=O)O)ccc1O)C(C)C)C(=O)O.Cl. The van der Waals surface area contributed by atoms with Gasteiger partial charge in [-0.3, -0.25) is 9.59 Å². The highest BCUT2D eigenvalue weighted by molar-refractivity contribution is 7.98. The van der Waals surface area contributed by atoms with Gasteiger partial charge in [0.05, 0.1) is 11.6 Å². The molecule has 0 aliphatic rings. The number of carbonyl (C=O) groups is 4. The normalized spacial score (nSPS) is 13.0. The van der Waals surface area contributed by atoms with Gasteiger partial charge in [-0.25, -0.2) is 9.59 Å². The quantitative estimate of drug-likeness (QED) is 0.185. The Morgan fingerprint density at radius 2 is 1.56 bits per heavy atom. The highest BCUT2D eigenvalue weighted by Crippen LogP contribution is 2.19. The van der Waals surface area contributed by atoms with E-state index in [9.17, 15) is 34.5 Å². The van der Waals surface area contributed by atoms with Crippen LogP contribution in [0.2, 0.25) is 0 Å². The van der Waals surface area contributed by atoms with E-state index >= 15 is 0 Å². The van der Waals surface area contributed by atoms with E-state index in [1.54, 1.807) is 26.0 Å². The summed E-state index contributed by atoms with van der Waals surface area (Å²) in [5, 5.41) is 37.3. The van der Waals surface area contributed by atoms with Crippen LogP contribution in [0, 0.1) is 5.92 Å². The van der Waals surface area contributed by atoms with E-state index in [-0.39, 0.29) is 49.0 Å². The maximum Gasteiger partial charge on any atom is 0.335 e. The van der Waals surface area contributed by atoms with Gasteiger partial charge < -0.3 is 31.3 Å². The van der Waals surface area contributed by atoms with Crippen molar-refractivity contribution in [2.45, 2.75) is 51.4 Å². The van der Waals surface area contributed by atoms with Crippen molar-refractivity contribution in [3.05, 3.63) is 65.2 Å². The van der Waals surface area contributed by atoms with Crippen molar-refractivity contribution in [2.75, 3.05) is 12.0 Å². The number of amides is 2. The van der Waals surface area contributed by atoms with Crippen LogP contribution in [0.25, 0.3) is 0 Å². The number of thioether (sulfide) groups is 1. The average molecular weight is 582 g/mol. The molecular formula is C27H36ClN3O7S. The van der Waals surface area contributed by atoms with Crippen molar-refractivity contribution >= 4 is 47.9 Å². The molecule has 2 aromatic rings. The van der Waals surface area contributed by atoms with Crippen molar-refractivity contribution in [2.24, 2.45) is 5.92 Å². The molecule has 0 aromatic heterocycles. The standard InChI is InChI=1S/C27H35N3O7S.ClH/c1-16(2)23(28-15-19-14-18(26(34)35)9-10-22(19)31)25(33)30-21(13-17-7-5-4-6-8-17)24(32)29-20(27(36)37)11-12-38-3;/h4-10,14,16,20-21,23,28,31H,11-13,15H2,1-3H3,(H,29,32)(H,30,33)(H,34,35)(H,36,37);1H/t20-,21-,23-;/m0./s1. The highest BCUT2D eigenvalue weighted by Gasteiger charge is 2.30. The summed E-state index contributed by atoms with van der Waals surface area (Å²) in [6.45, 7) is 3.62. The molecule has 0 heterocycles. The van der Waals surface area contributed by atoms with Gasteiger partial charge in [0, 0.05) is 18.5 Å². The summed E-state index contributed by atoms with van der Waals surface area (Å²) in [7, 11) is 0. The lowest BCUT2D eigenvalue weighted by atomic mass is 10.00. The number of nitrogens with one attached hydrogen (secondary N) is 3. The summed E-state index contributed by atoms with van der Waals surface area (Å²) in [5.41, 5.74) is 1.09. The zero-order chi connectivity index (χ0) is 28.2. The second kappa shape index (κ2) is 16.6. The molecule has 2 aromatic carbocycles. The van der Waals surface area contributed by atoms with Crippen LogP contribution < -0.4 is 16.0 Å². The molecule has 0 bridgehead atoms. The third kappa shape index (κ3) is 10.8. The number of halogens is 1. The van der Waals surface area contributed by atoms with Crippen LogP contribution in [-0.4, -0.2) is 69.2 Å². The van der Waals surface area contributed by atoms with Crippen LogP contribution in [0.1, 0.15) is 41.8 Å². The van der Waals surface area contributed by atoms with Gasteiger partial charge in [-0.1, -0.05) is 44.2 Å². The molecule has 2 rings (SSSR count). The first-order valence-electron chi connectivity index (χ1n) is 12.2. The van der Waals surface area contributed by atoms with Crippen LogP contribution >= 0.6 is 24.2 Å². The topological polar surface area (TPSA) is 165 Å². The van der Waals surface area contributed by atoms with E-state index in [0.717, 1.165) is 5.56 Å². The smallest absolute Gasteiger partial charge is 0.335 e. The number of carboxylic acid groups (broad SMARTS) is 2. The summed E-state index contributed by atoms with van der Waals surface area (Å²) in [5.74, 6) is -3.18. The fourth-order valence-corrected chi connectivity index (χ4v) is 4.27. The maximum absolute atomic E-state index is 13.3. The van der Waals surface area contributed by atoms with E-state index in [0.29, 0.717) is 11.3 Å². The minimum absolute atomic E-state index is 0. The minimum Gasteiger partial charge on any atom is -0.508 e. The number of hydrogen-bond donors (Lipinski definition) is 6. The Labute approximate surface area is 238 Å². The Morgan fingerprint density at radius 1 is 0.923 bits per heavy atom. The molecular weight excluding hydrogens is 546 g/mol. The molecule has 2 amide bonds. The van der Waals surface area contributed by atoms with Gasteiger partial charge >= 0.3 is 11.9 Å². The minimum atomic E-state index is -1.15. The first kappa shape index (κ1) is 33.7. The lowest BCUT2D eigenvalue weighted by Gasteiger charge is -2.26. The fraction of sp³-hybridized carbons (Fsp3) is 0.407. The van der Waals surface area contributed by atoms with Crippen LogP contribution in [0.5, 0.6) is 5.75 Å². The van der Waals surface area contributed by atoms with Crippen LogP contribution in [0.3, 0.4) is 0 Å². The molecule has 214 valence electrons. The number of carboxylic acids is 2. The highest BCUT2D eigenvalue weighted by atomic mass is 35.5. The molecule has 0 aliphatic carbocycles. The molecule has 0 unspecified atom stereocenters. The van der Waals surface area contributed by atoms with Gasteiger partial charge in [0.25, 0.3) is 0 Å². The molecule has 39 heavy (non-hydrogen) atoms. The molecule has 0 saturated heterocycles. The molecule has 0 fully saturated rings. The number of aromatic carboxylic acids is 1. The third-order valence-electron chi connectivity index (χ3n) is 5.93. The van der Waals surface area contributed by atoms with Crippen molar-refractivity contribution in [1.82, 2.24) is 16.0 Å². The summed E-state index contributed by atoms with van der Waals surface area (Å²) in [4.78, 5) is 49.5. The van der Waals surface area contributed by atoms with E-state index in [2.05, 4.69) is 16.0 Å². The summed E-state index contributed by atoms with van der Waals surface area (Å²) in [6, 6.07) is 10.0. The zero-order valence-electron chi connectivity index (χ0n) is 22.0. The number of aliphatic carboxylic acids is 1. The van der Waals surface area contributed by atoms with Gasteiger partial charge in [0.15, 0.2) is 0 Å². The van der Waals surface area contributed by atoms with Gasteiger partial charge in [0.2, 0.25) is 11.8 Å². The molecule has 0 radical (unpaired) electrons. The van der Waals surface area contributed by atoms with E-state index < -0.39 is 41.9 Å². The third-order valence-corrected chi connectivity index (χ3v) is 6.57. The second-order valence-electron chi connectivity index (χ2n) is 9.18. The van der Waals surface area contributed by atoms with Gasteiger partial charge in [-0.05, 0) is 48.1 Å². The van der Waals surface area contributed by atoms with Crippen LogP contribution in [-0.2, 0) is 27.3 Å². The van der Waals surface area contributed by atoms with E-state index in [1.165, 1.54) is 30.0 Å². The van der Waals surface area contributed by atoms with Crippen molar-refractivity contribution < 1.29 is 34.5 Å². The fourth-order valence-electron chi connectivity index (χ4n) is 3.80. The second-order valence-corrected chi connectivity index (χ2v) is 10.2. The number of phenolic OH excluding ortho intramolecular Hbond substituents is 1. The Hall–Kier alpha value is -3.28. The number of benzene rings is 2. The van der Waals surface area contributed by atoms with Gasteiger partial charge in [-0.15, -0.1) is 12.4 Å². The molecule has 0 aliphatic heterocycles. The largest absolute Gasteiger partial charge is 0.508 e. The predicted molar refractivity (Wildman–Crippen MR) is 152 cm³/mol. The lowest BCUT2D eigenvalue weighted by Crippen LogP contribution is -2.56. The zero-order valence-corrected chi connectivity index (χ0v) is 23.7. The number of rotatable bonds is 15. The monoisotopic (exact) mass is 581 g/mol. The number of hydrogen-bond acceptors (Lipinski definition) is 7. The first-order chi connectivity index (χ1) is 18.0. The van der Waals surface area contributed by atoms with Gasteiger partial charge in [-0.2, -0.15) is 11.8 Å². The summed E-state index contributed by atoms with van der Waals surface area (Å²) in [6.07, 6.45) is 2.23. The molecule has 12 heteroatoms. The van der Waals surface area contributed by atoms with E-state index in [1.807, 2.05) is 24.5 Å². The maximum atomic E-state index is 13.3. The molecule has 6 N–H and O–H groups in total. The number of carbonyl (C=O) groups excluding carboxylic acids is 2. The number of aromatic hydroxyl groups is 1. The average Bonchev–Trinajstić information content (AvgIpc) is 2.87. The van der Waals surface area contributed by atoms with Crippen LogP contribution in [0.4, 0.5) is 0 Å². The predicted octanol–water partition coefficient (Wildman–Crippen LogP) is 2.68. The van der Waals surface area contributed by atoms with Crippen LogP contribution in [0.15, 0.2) is 48.5 Å². The van der Waals surface area contributed by atoms with E-state index in [4.69, 9.17) is 0 Å². The molecule has 3 atom stereocenters. The van der Waals surface area contributed by atoms with Crippen molar-refractivity contribution in [3.63, 3.8) is 0 Å². The van der Waals surface area contributed by atoms with Gasteiger partial charge in [0.1, 0.15) is 17.8 Å². The summed E-state index contributed by atoms with van der Waals surface area (Å²) >= 11 is 1.47. The van der Waals surface area contributed by atoms with Crippen molar-refractivity contribution in [1.29, 1.82) is 0 Å². The molecule has 0 saturated carbocycles. The first-order valence-corrected chi connectivity index (χ1v) is 13.6. The summed E-state index contributed by atoms with van der Waals surface area (Å²) < 4.78 is 0. The Morgan fingerprint density at radius 3 is 2.13 bits per heavy atom. The molecule has 0 spiro atoms. The Balaban J connectivity index is 0.00000760.